The first-order valence-electron chi connectivity index (χ1n) is 26.7. The molecule has 0 spiro atoms. The molecule has 0 bridgehead atoms. The molecule has 10 aromatic rings. The molecule has 11 rings (SSSR count). The molecule has 0 saturated carbocycles. The van der Waals surface area contributed by atoms with E-state index in [1.165, 1.54) is 16.7 Å². The van der Waals surface area contributed by atoms with Crippen LogP contribution in [0.3, 0.4) is 0 Å². The Morgan fingerprint density at radius 3 is 2.18 bits per heavy atom. The maximum atomic E-state index is 8.65. The van der Waals surface area contributed by atoms with Crippen LogP contribution in [0.5, 0.6) is 5.75 Å². The molecular formula is C67H61N4OPt-3. The second kappa shape index (κ2) is 21.1. The van der Waals surface area contributed by atoms with Crippen LogP contribution in [0.15, 0.2) is 188 Å². The van der Waals surface area contributed by atoms with E-state index >= 15 is 0 Å². The molecule has 3 heterocycles. The van der Waals surface area contributed by atoms with Gasteiger partial charge in [-0.25, -0.2) is 4.98 Å². The minimum atomic E-state index is -2.27. The molecule has 73 heavy (non-hydrogen) atoms. The zero-order valence-corrected chi connectivity index (χ0v) is 44.4. The van der Waals surface area contributed by atoms with Crippen LogP contribution in [0.1, 0.15) is 73.0 Å². The fourth-order valence-corrected chi connectivity index (χ4v) is 10.3. The Labute approximate surface area is 450 Å². The van der Waals surface area contributed by atoms with E-state index in [1.807, 2.05) is 30.5 Å². The van der Waals surface area contributed by atoms with Crippen molar-refractivity contribution in [1.29, 1.82) is 0 Å². The van der Waals surface area contributed by atoms with Gasteiger partial charge in [0.15, 0.2) is 0 Å². The zero-order chi connectivity index (χ0) is 51.8. The van der Waals surface area contributed by atoms with Crippen molar-refractivity contribution in [3.05, 3.63) is 235 Å². The predicted octanol–water partition coefficient (Wildman–Crippen LogP) is 16.9. The Kier molecular flexibility index (Phi) is 13.2. The predicted molar refractivity (Wildman–Crippen MR) is 300 cm³/mol. The van der Waals surface area contributed by atoms with Gasteiger partial charge in [0.05, 0.1) is 6.61 Å². The summed E-state index contributed by atoms with van der Waals surface area (Å²) in [6.45, 7) is 12.1. The largest absolute Gasteiger partial charge is 0.517 e. The first-order chi connectivity index (χ1) is 36.3. The number of ether oxygens (including phenoxy) is 1. The van der Waals surface area contributed by atoms with Crippen molar-refractivity contribution in [1.82, 2.24) is 9.55 Å². The summed E-state index contributed by atoms with van der Waals surface area (Å²) in [6, 6.07) is 70.2. The van der Waals surface area contributed by atoms with Gasteiger partial charge in [-0.15, -0.1) is 28.8 Å². The number of aromatic nitrogens is 2. The van der Waals surface area contributed by atoms with Crippen molar-refractivity contribution < 1.29 is 29.9 Å². The number of hydrogen-bond donors (Lipinski definition) is 0. The van der Waals surface area contributed by atoms with E-state index in [0.717, 1.165) is 96.5 Å². The monoisotopic (exact) mass is 1140 g/mol. The fourth-order valence-electron chi connectivity index (χ4n) is 10.3. The molecule has 0 fully saturated rings. The van der Waals surface area contributed by atoms with Gasteiger partial charge in [0.1, 0.15) is 5.82 Å². The molecule has 0 unspecified atom stereocenters. The van der Waals surface area contributed by atoms with Crippen LogP contribution in [-0.2, 0) is 45.9 Å². The molecule has 0 aliphatic carbocycles. The molecule has 0 amide bonds. The van der Waals surface area contributed by atoms with Crippen LogP contribution in [-0.4, -0.2) is 16.1 Å². The van der Waals surface area contributed by atoms with Crippen LogP contribution in [0, 0.1) is 31.6 Å². The maximum Gasteiger partial charge on any atom is 0.135 e. The Bertz CT molecular complexity index is 3680. The molecule has 0 atom stereocenters. The molecule has 8 aromatic carbocycles. The van der Waals surface area contributed by atoms with E-state index in [1.54, 1.807) is 6.07 Å². The number of fused-ring (bicyclic) bond motifs is 4. The molecule has 2 aromatic heterocycles. The van der Waals surface area contributed by atoms with Gasteiger partial charge in [-0.3, -0.25) is 0 Å². The summed E-state index contributed by atoms with van der Waals surface area (Å²) in [5, 5.41) is 2.22. The summed E-state index contributed by atoms with van der Waals surface area (Å²) in [7, 11) is 0. The van der Waals surface area contributed by atoms with Crippen molar-refractivity contribution in [2.75, 3.05) is 16.3 Å². The van der Waals surface area contributed by atoms with Gasteiger partial charge in [0.25, 0.3) is 0 Å². The molecule has 0 N–H and O–H groups in total. The van der Waals surface area contributed by atoms with Crippen molar-refractivity contribution >= 4 is 38.9 Å². The Balaban J connectivity index is 0.00000657. The second-order valence-corrected chi connectivity index (χ2v) is 20.5. The van der Waals surface area contributed by atoms with Crippen LogP contribution < -0.4 is 14.5 Å². The summed E-state index contributed by atoms with van der Waals surface area (Å²) in [5.41, 5.74) is 16.1. The van der Waals surface area contributed by atoms with Gasteiger partial charge in [-0.2, -0.15) is 37.0 Å². The third-order valence-corrected chi connectivity index (χ3v) is 13.9. The molecule has 1 aliphatic rings. The maximum absolute atomic E-state index is 8.65. The molecule has 5 nitrogen and oxygen atoms in total. The Hall–Kier alpha value is -7.20. The average molecular weight is 1140 g/mol. The number of para-hydroxylation sites is 3. The van der Waals surface area contributed by atoms with E-state index < -0.39 is 6.85 Å². The van der Waals surface area contributed by atoms with E-state index in [4.69, 9.17) is 13.8 Å². The van der Waals surface area contributed by atoms with Gasteiger partial charge in [-0.05, 0) is 130 Å². The van der Waals surface area contributed by atoms with Crippen LogP contribution >= 0.6 is 0 Å². The van der Waals surface area contributed by atoms with Gasteiger partial charge in [-0.1, -0.05) is 161 Å². The topological polar surface area (TPSA) is 33.5 Å². The SMILES string of the molecule is [2H]C([2H])([2H])c1cccc(-c2cc(-c3ccccc3)cc(C(C)(C)C)c2)c1CCCN1[CH-]N(c2[c-]c(COc3[c-]c4c(cc3)c3ccccc3n4-c3cc(CC(C)C)c(-c4ccccc4)cn3)ccc2)c2ccccc21.[Pt]. The normalized spacial score (nSPS) is 13.2. The van der Waals surface area contributed by atoms with Gasteiger partial charge in [0, 0.05) is 59.6 Å². The van der Waals surface area contributed by atoms with E-state index in [9.17, 15) is 0 Å². The summed E-state index contributed by atoms with van der Waals surface area (Å²) in [4.78, 5) is 9.56. The fraction of sp³-hybridized carbons (Fsp3) is 0.194. The minimum absolute atomic E-state index is 0. The van der Waals surface area contributed by atoms with Crippen LogP contribution in [0.4, 0.5) is 17.1 Å². The Morgan fingerprint density at radius 1 is 0.671 bits per heavy atom. The third-order valence-electron chi connectivity index (χ3n) is 13.9. The van der Waals surface area contributed by atoms with Gasteiger partial charge >= 0.3 is 0 Å². The third kappa shape index (κ3) is 10.3. The number of anilines is 3. The zero-order valence-electron chi connectivity index (χ0n) is 45.1. The smallest absolute Gasteiger partial charge is 0.135 e. The molecule has 0 radical (unpaired) electrons. The first-order valence-corrected chi connectivity index (χ1v) is 25.2. The number of nitrogens with zero attached hydrogens (tertiary/aromatic N) is 4. The van der Waals surface area contributed by atoms with Gasteiger partial charge in [0.2, 0.25) is 0 Å². The summed E-state index contributed by atoms with van der Waals surface area (Å²) in [6.07, 6.45) is 4.28. The molecule has 1 aliphatic heterocycles. The van der Waals surface area contributed by atoms with Crippen molar-refractivity contribution in [3.63, 3.8) is 0 Å². The van der Waals surface area contributed by atoms with Crippen LogP contribution in [0.2, 0.25) is 0 Å². The summed E-state index contributed by atoms with van der Waals surface area (Å²) < 4.78 is 34.7. The minimum Gasteiger partial charge on any atom is -0.517 e. The average Bonchev–Trinajstić information content (AvgIpc) is 3.97. The standard InChI is InChI=1S/C67H61N4O.Pt/c1-46(2)36-52-41-66(68-43-61(52)50-24-11-8-12-25-50)71-62-30-14-13-27-59(62)60-34-33-56(42-65(60)71)72-44-48-21-18-26-55(37-48)70-45-69(63-31-15-16-32-64(63)70)35-19-29-57-47(3)20-17-28-58(57)53-38-51(49-22-9-7-10-23-49)39-54(40-53)67(4,5)6;/h7-18,20-28,30-34,38-41,43,45-46H,19,29,35-36,44H2,1-6H3;/q-3;/i3D3;. The number of hydrogen-bond acceptors (Lipinski definition) is 4. The van der Waals surface area contributed by atoms with Crippen molar-refractivity contribution in [2.45, 2.75) is 72.8 Å². The molecule has 0 saturated heterocycles. The van der Waals surface area contributed by atoms with E-state index in [-0.39, 0.29) is 26.5 Å². The van der Waals surface area contributed by atoms with Crippen molar-refractivity contribution in [2.24, 2.45) is 5.92 Å². The number of rotatable bonds is 14. The number of aryl methyl sites for hydroxylation is 1. The van der Waals surface area contributed by atoms with Gasteiger partial charge < -0.3 is 19.1 Å². The Morgan fingerprint density at radius 2 is 1.40 bits per heavy atom. The van der Waals surface area contributed by atoms with E-state index in [0.29, 0.717) is 36.8 Å². The molecule has 6 heteroatoms. The molecular weight excluding hydrogens is 1070 g/mol. The number of pyridine rings is 1. The quantitative estimate of drug-likeness (QED) is 0.102. The van der Waals surface area contributed by atoms with Crippen molar-refractivity contribution in [3.8, 4) is 44.9 Å². The van der Waals surface area contributed by atoms with Crippen LogP contribution in [0.25, 0.3) is 61.0 Å². The number of benzene rings is 8. The molecule has 368 valence electrons. The first kappa shape index (κ1) is 45.6. The summed E-state index contributed by atoms with van der Waals surface area (Å²) in [5.74, 6) is 1.96. The van der Waals surface area contributed by atoms with E-state index in [2.05, 4.69) is 219 Å². The second-order valence-electron chi connectivity index (χ2n) is 20.5. The summed E-state index contributed by atoms with van der Waals surface area (Å²) >= 11 is 0.